The number of nitrogens with zero attached hydrogens (tertiary/aromatic N) is 1. The zero-order valence-corrected chi connectivity index (χ0v) is 16.8. The first kappa shape index (κ1) is 22.2. The van der Waals surface area contributed by atoms with Crippen molar-refractivity contribution in [3.63, 3.8) is 0 Å². The van der Waals surface area contributed by atoms with E-state index >= 15 is 0 Å². The molecule has 3 heteroatoms. The highest BCUT2D eigenvalue weighted by Gasteiger charge is 2.08. The molecule has 0 bridgehead atoms. The Hall–Kier alpha value is -0.830. The zero-order chi connectivity index (χ0) is 18.0. The van der Waals surface area contributed by atoms with E-state index in [4.69, 9.17) is 5.11 Å². The smallest absolute Gasteiger partial charge is 0.254 e. The van der Waals surface area contributed by atoms with Crippen molar-refractivity contribution < 1.29 is 9.67 Å². The molecule has 0 aromatic carbocycles. The summed E-state index contributed by atoms with van der Waals surface area (Å²) in [6.45, 7) is 3.21. The lowest BCUT2D eigenvalue weighted by Gasteiger charge is -2.03. The number of aromatic amines is 1. The normalized spacial score (nSPS) is 11.3. The van der Waals surface area contributed by atoms with Crippen LogP contribution in [0.4, 0.5) is 0 Å². The highest BCUT2D eigenvalue weighted by molar-refractivity contribution is 4.77. The molecular formula is C22H43N2O+. The van der Waals surface area contributed by atoms with Gasteiger partial charge in [0.25, 0.3) is 5.82 Å². The maximum absolute atomic E-state index is 9.03. The van der Waals surface area contributed by atoms with E-state index in [1.165, 1.54) is 102 Å². The fourth-order valence-electron chi connectivity index (χ4n) is 3.59. The molecule has 1 aromatic heterocycles. The van der Waals surface area contributed by atoms with Crippen LogP contribution in [0.2, 0.25) is 0 Å². The molecule has 0 saturated carbocycles. The molecule has 146 valence electrons. The van der Waals surface area contributed by atoms with Gasteiger partial charge < -0.3 is 5.11 Å². The molecule has 1 heterocycles. The Morgan fingerprint density at radius 3 is 1.72 bits per heavy atom. The van der Waals surface area contributed by atoms with Gasteiger partial charge in [-0.3, -0.25) is 0 Å². The number of imidazole rings is 1. The van der Waals surface area contributed by atoms with Gasteiger partial charge in [-0.25, -0.2) is 9.55 Å². The lowest BCUT2D eigenvalue weighted by atomic mass is 10.0. The number of nitrogens with one attached hydrogen (secondary N) is 1. The van der Waals surface area contributed by atoms with Crippen molar-refractivity contribution in [2.24, 2.45) is 0 Å². The molecule has 25 heavy (non-hydrogen) atoms. The number of hydrogen-bond donors (Lipinski definition) is 2. The van der Waals surface area contributed by atoms with Gasteiger partial charge in [0, 0.05) is 6.42 Å². The van der Waals surface area contributed by atoms with E-state index in [-0.39, 0.29) is 6.61 Å². The van der Waals surface area contributed by atoms with Gasteiger partial charge >= 0.3 is 0 Å². The Labute approximate surface area is 156 Å². The van der Waals surface area contributed by atoms with E-state index in [0.717, 1.165) is 6.42 Å². The SMILES string of the molecule is CCCCCCCCCCCCCCCCCc1[nH]cc[n+]1CCO. The molecule has 3 nitrogen and oxygen atoms in total. The van der Waals surface area contributed by atoms with Crippen molar-refractivity contribution in [3.05, 3.63) is 18.2 Å². The first-order valence-corrected chi connectivity index (χ1v) is 11.0. The molecule has 0 fully saturated rings. The number of aryl methyl sites for hydroxylation is 1. The van der Waals surface area contributed by atoms with Crippen LogP contribution in [0.1, 0.15) is 109 Å². The monoisotopic (exact) mass is 351 g/mol. The van der Waals surface area contributed by atoms with Crippen LogP contribution in [-0.4, -0.2) is 16.7 Å². The van der Waals surface area contributed by atoms with Gasteiger partial charge in [0.2, 0.25) is 0 Å². The van der Waals surface area contributed by atoms with Gasteiger partial charge in [-0.2, -0.15) is 0 Å². The minimum atomic E-state index is 0.217. The van der Waals surface area contributed by atoms with Crippen LogP contribution in [0.15, 0.2) is 12.4 Å². The molecule has 0 aliphatic carbocycles. The number of aliphatic hydroxyl groups excluding tert-OH is 1. The first-order valence-electron chi connectivity index (χ1n) is 11.0. The predicted molar refractivity (Wildman–Crippen MR) is 107 cm³/mol. The average molecular weight is 352 g/mol. The van der Waals surface area contributed by atoms with E-state index in [9.17, 15) is 0 Å². The maximum atomic E-state index is 9.03. The molecule has 1 rings (SSSR count). The van der Waals surface area contributed by atoms with Gasteiger partial charge in [0.1, 0.15) is 18.9 Å². The molecular weight excluding hydrogens is 308 g/mol. The van der Waals surface area contributed by atoms with Crippen molar-refractivity contribution >= 4 is 0 Å². The molecule has 0 saturated heterocycles. The number of unbranched alkanes of at least 4 members (excludes halogenated alkanes) is 14. The van der Waals surface area contributed by atoms with Crippen molar-refractivity contribution in [1.82, 2.24) is 4.98 Å². The quantitative estimate of drug-likeness (QED) is 0.258. The lowest BCUT2D eigenvalue weighted by Crippen LogP contribution is -2.37. The van der Waals surface area contributed by atoms with Crippen LogP contribution >= 0.6 is 0 Å². The summed E-state index contributed by atoms with van der Waals surface area (Å²) in [7, 11) is 0. The van der Waals surface area contributed by atoms with Crippen molar-refractivity contribution in [1.29, 1.82) is 0 Å². The third kappa shape index (κ3) is 12.2. The number of H-pyrrole nitrogens is 1. The third-order valence-corrected chi connectivity index (χ3v) is 5.21. The highest BCUT2D eigenvalue weighted by Crippen LogP contribution is 2.13. The fourth-order valence-corrected chi connectivity index (χ4v) is 3.59. The van der Waals surface area contributed by atoms with Crippen LogP contribution in [0, 0.1) is 0 Å². The lowest BCUT2D eigenvalue weighted by molar-refractivity contribution is -0.704. The summed E-state index contributed by atoms with van der Waals surface area (Å²) in [5.74, 6) is 1.25. The molecule has 0 aliphatic rings. The Bertz CT molecular complexity index is 389. The van der Waals surface area contributed by atoms with E-state index in [1.807, 2.05) is 12.4 Å². The second-order valence-corrected chi connectivity index (χ2v) is 7.52. The number of aromatic nitrogens is 2. The van der Waals surface area contributed by atoms with Crippen molar-refractivity contribution in [2.45, 2.75) is 116 Å². The second-order valence-electron chi connectivity index (χ2n) is 7.52. The molecule has 2 N–H and O–H groups in total. The summed E-state index contributed by atoms with van der Waals surface area (Å²) in [6.07, 6.45) is 26.3. The summed E-state index contributed by atoms with van der Waals surface area (Å²) in [5, 5.41) is 9.03. The number of aliphatic hydroxyl groups is 1. The number of rotatable bonds is 18. The molecule has 0 unspecified atom stereocenters. The second kappa shape index (κ2) is 16.6. The summed E-state index contributed by atoms with van der Waals surface area (Å²) >= 11 is 0. The minimum absolute atomic E-state index is 0.217. The molecule has 0 aliphatic heterocycles. The maximum Gasteiger partial charge on any atom is 0.254 e. The van der Waals surface area contributed by atoms with Crippen molar-refractivity contribution in [3.8, 4) is 0 Å². The third-order valence-electron chi connectivity index (χ3n) is 5.21. The van der Waals surface area contributed by atoms with E-state index in [1.54, 1.807) is 0 Å². The van der Waals surface area contributed by atoms with Gasteiger partial charge in [0.05, 0.1) is 6.61 Å². The van der Waals surface area contributed by atoms with Gasteiger partial charge in [0.15, 0.2) is 0 Å². The van der Waals surface area contributed by atoms with Crippen LogP contribution in [0.3, 0.4) is 0 Å². The molecule has 0 amide bonds. The molecule has 0 atom stereocenters. The Morgan fingerprint density at radius 1 is 0.760 bits per heavy atom. The minimum Gasteiger partial charge on any atom is -0.392 e. The molecule has 0 radical (unpaired) electrons. The summed E-state index contributed by atoms with van der Waals surface area (Å²) in [4.78, 5) is 3.29. The van der Waals surface area contributed by atoms with E-state index in [2.05, 4.69) is 16.5 Å². The Morgan fingerprint density at radius 2 is 1.24 bits per heavy atom. The van der Waals surface area contributed by atoms with Crippen LogP contribution in [-0.2, 0) is 13.0 Å². The topological polar surface area (TPSA) is 39.9 Å². The van der Waals surface area contributed by atoms with E-state index in [0.29, 0.717) is 6.54 Å². The average Bonchev–Trinajstić information content (AvgIpc) is 3.06. The number of hydrogen-bond acceptors (Lipinski definition) is 1. The Balaban J connectivity index is 1.79. The summed E-state index contributed by atoms with van der Waals surface area (Å²) in [6, 6.07) is 0. The first-order chi connectivity index (χ1) is 12.4. The van der Waals surface area contributed by atoms with Gasteiger partial charge in [-0.1, -0.05) is 96.8 Å². The molecule has 1 aromatic rings. The van der Waals surface area contributed by atoms with Crippen LogP contribution < -0.4 is 4.57 Å². The fraction of sp³-hybridized carbons (Fsp3) is 0.864. The van der Waals surface area contributed by atoms with Crippen molar-refractivity contribution in [2.75, 3.05) is 6.61 Å². The van der Waals surface area contributed by atoms with Gasteiger partial charge in [-0.05, 0) is 6.42 Å². The highest BCUT2D eigenvalue weighted by atomic mass is 16.3. The summed E-state index contributed by atoms with van der Waals surface area (Å²) in [5.41, 5.74) is 0. The van der Waals surface area contributed by atoms with Gasteiger partial charge in [-0.15, -0.1) is 0 Å². The Kier molecular flexibility index (Phi) is 14.8. The van der Waals surface area contributed by atoms with Crippen LogP contribution in [0.5, 0.6) is 0 Å². The summed E-state index contributed by atoms with van der Waals surface area (Å²) < 4.78 is 2.13. The molecule has 0 spiro atoms. The zero-order valence-electron chi connectivity index (χ0n) is 16.8. The van der Waals surface area contributed by atoms with E-state index < -0.39 is 0 Å². The predicted octanol–water partition coefficient (Wildman–Crippen LogP) is 5.71. The standard InChI is InChI=1S/C22H42N2O/c1-2-3-4-5-6-7-8-9-10-11-12-13-14-15-16-17-22-23-18-19-24(22)20-21-25/h18-19,25H,2-17,20-21H2,1H3/p+1. The largest absolute Gasteiger partial charge is 0.392 e. The van der Waals surface area contributed by atoms with Crippen LogP contribution in [0.25, 0.3) is 0 Å².